The third-order valence-corrected chi connectivity index (χ3v) is 3.19. The Bertz CT molecular complexity index is 141. The van der Waals surface area contributed by atoms with Crippen molar-refractivity contribution < 1.29 is 5.11 Å². The fourth-order valence-corrected chi connectivity index (χ4v) is 2.26. The number of hydrogen-bond donors (Lipinski definition) is 1. The van der Waals surface area contributed by atoms with Crippen LogP contribution in [0, 0.1) is 5.92 Å². The standard InChI is InChI=1S/C12H25NO/c1-11(2)6-5-7-12(10-14)13-8-3-4-9-13/h11-12,14H,3-10H2,1-2H3. The zero-order valence-electron chi connectivity index (χ0n) is 9.71. The van der Waals surface area contributed by atoms with Crippen LogP contribution in [0.1, 0.15) is 46.0 Å². The summed E-state index contributed by atoms with van der Waals surface area (Å²) in [4.78, 5) is 2.46. The number of aliphatic hydroxyl groups is 1. The van der Waals surface area contributed by atoms with Crippen molar-refractivity contribution in [3.63, 3.8) is 0 Å². The van der Waals surface area contributed by atoms with Gasteiger partial charge in [0.15, 0.2) is 0 Å². The number of rotatable bonds is 6. The topological polar surface area (TPSA) is 23.5 Å². The Morgan fingerprint density at radius 3 is 2.29 bits per heavy atom. The summed E-state index contributed by atoms with van der Waals surface area (Å²) in [6.07, 6.45) is 6.37. The van der Waals surface area contributed by atoms with Gasteiger partial charge in [0.1, 0.15) is 0 Å². The molecular weight excluding hydrogens is 174 g/mol. The lowest BCUT2D eigenvalue weighted by atomic mass is 10.0. The monoisotopic (exact) mass is 199 g/mol. The van der Waals surface area contributed by atoms with E-state index in [2.05, 4.69) is 18.7 Å². The second kappa shape index (κ2) is 6.41. The molecule has 1 N–H and O–H groups in total. The average molecular weight is 199 g/mol. The SMILES string of the molecule is CC(C)CCCC(CO)N1CCCC1. The molecule has 14 heavy (non-hydrogen) atoms. The van der Waals surface area contributed by atoms with Crippen LogP contribution in [0.4, 0.5) is 0 Å². The third kappa shape index (κ3) is 3.97. The van der Waals surface area contributed by atoms with E-state index in [4.69, 9.17) is 0 Å². The van der Waals surface area contributed by atoms with Gasteiger partial charge in [-0.1, -0.05) is 26.7 Å². The summed E-state index contributed by atoms with van der Waals surface area (Å²) >= 11 is 0. The van der Waals surface area contributed by atoms with Crippen LogP contribution in [0.3, 0.4) is 0 Å². The lowest BCUT2D eigenvalue weighted by molar-refractivity contribution is 0.135. The molecule has 0 aromatic heterocycles. The summed E-state index contributed by atoms with van der Waals surface area (Å²) in [5, 5.41) is 9.31. The van der Waals surface area contributed by atoms with Crippen molar-refractivity contribution in [2.45, 2.75) is 52.0 Å². The molecule has 2 heteroatoms. The molecule has 1 saturated heterocycles. The normalized spacial score (nSPS) is 20.6. The minimum absolute atomic E-state index is 0.345. The largest absolute Gasteiger partial charge is 0.395 e. The summed E-state index contributed by atoms with van der Waals surface area (Å²) in [5.74, 6) is 0.799. The second-order valence-electron chi connectivity index (χ2n) is 4.90. The number of aliphatic hydroxyl groups excluding tert-OH is 1. The first-order valence-corrected chi connectivity index (χ1v) is 6.09. The first-order chi connectivity index (χ1) is 6.74. The van der Waals surface area contributed by atoms with Crippen molar-refractivity contribution in [1.29, 1.82) is 0 Å². The molecule has 1 unspecified atom stereocenters. The highest BCUT2D eigenvalue weighted by atomic mass is 16.3. The average Bonchev–Trinajstić information content (AvgIpc) is 2.64. The molecule has 1 aliphatic heterocycles. The summed E-state index contributed by atoms with van der Waals surface area (Å²) < 4.78 is 0. The maximum atomic E-state index is 9.31. The van der Waals surface area contributed by atoms with Crippen LogP contribution in [0.5, 0.6) is 0 Å². The van der Waals surface area contributed by atoms with Crippen LogP contribution in [0.25, 0.3) is 0 Å². The Morgan fingerprint density at radius 1 is 1.14 bits per heavy atom. The fourth-order valence-electron chi connectivity index (χ4n) is 2.26. The molecule has 1 atom stereocenters. The Balaban J connectivity index is 2.17. The van der Waals surface area contributed by atoms with Crippen molar-refractivity contribution in [3.8, 4) is 0 Å². The van der Waals surface area contributed by atoms with E-state index >= 15 is 0 Å². The molecule has 0 aromatic rings. The van der Waals surface area contributed by atoms with Gasteiger partial charge in [0.05, 0.1) is 6.61 Å². The molecule has 84 valence electrons. The quantitative estimate of drug-likeness (QED) is 0.709. The molecule has 0 aromatic carbocycles. The summed E-state index contributed by atoms with van der Waals surface area (Å²) in [6, 6.07) is 0.441. The van der Waals surface area contributed by atoms with Gasteiger partial charge >= 0.3 is 0 Å². The fraction of sp³-hybridized carbons (Fsp3) is 1.00. The smallest absolute Gasteiger partial charge is 0.0586 e. The molecular formula is C12H25NO. The van der Waals surface area contributed by atoms with Gasteiger partial charge in [0.25, 0.3) is 0 Å². The molecule has 0 radical (unpaired) electrons. The molecule has 0 aliphatic carbocycles. The summed E-state index contributed by atoms with van der Waals surface area (Å²) in [6.45, 7) is 7.28. The number of nitrogens with zero attached hydrogens (tertiary/aromatic N) is 1. The Morgan fingerprint density at radius 2 is 1.79 bits per heavy atom. The molecule has 1 aliphatic rings. The van der Waals surface area contributed by atoms with Gasteiger partial charge in [-0.25, -0.2) is 0 Å². The minimum atomic E-state index is 0.345. The summed E-state index contributed by atoms with van der Waals surface area (Å²) in [7, 11) is 0. The van der Waals surface area contributed by atoms with E-state index in [0.717, 1.165) is 5.92 Å². The Labute approximate surface area is 88.3 Å². The van der Waals surface area contributed by atoms with Crippen molar-refractivity contribution >= 4 is 0 Å². The molecule has 2 nitrogen and oxygen atoms in total. The van der Waals surface area contributed by atoms with E-state index in [1.807, 2.05) is 0 Å². The maximum absolute atomic E-state index is 9.31. The maximum Gasteiger partial charge on any atom is 0.0586 e. The van der Waals surface area contributed by atoms with Crippen LogP contribution >= 0.6 is 0 Å². The minimum Gasteiger partial charge on any atom is -0.395 e. The molecule has 0 amide bonds. The molecule has 1 heterocycles. The van der Waals surface area contributed by atoms with Gasteiger partial charge in [0.2, 0.25) is 0 Å². The molecule has 0 spiro atoms. The van der Waals surface area contributed by atoms with Crippen LogP contribution in [-0.4, -0.2) is 35.7 Å². The number of likely N-dealkylation sites (tertiary alicyclic amines) is 1. The van der Waals surface area contributed by atoms with Crippen molar-refractivity contribution in [2.75, 3.05) is 19.7 Å². The lowest BCUT2D eigenvalue weighted by Gasteiger charge is -2.25. The van der Waals surface area contributed by atoms with Gasteiger partial charge in [-0.3, -0.25) is 4.90 Å². The third-order valence-electron chi connectivity index (χ3n) is 3.19. The van der Waals surface area contributed by atoms with Crippen LogP contribution in [0.2, 0.25) is 0 Å². The first kappa shape index (κ1) is 12.0. The zero-order valence-corrected chi connectivity index (χ0v) is 9.71. The van der Waals surface area contributed by atoms with Gasteiger partial charge < -0.3 is 5.11 Å². The van der Waals surface area contributed by atoms with Crippen LogP contribution in [0.15, 0.2) is 0 Å². The van der Waals surface area contributed by atoms with E-state index < -0.39 is 0 Å². The van der Waals surface area contributed by atoms with Crippen LogP contribution < -0.4 is 0 Å². The van der Waals surface area contributed by atoms with Gasteiger partial charge in [0, 0.05) is 6.04 Å². The van der Waals surface area contributed by atoms with Crippen LogP contribution in [-0.2, 0) is 0 Å². The molecule has 0 saturated carbocycles. The van der Waals surface area contributed by atoms with Crippen molar-refractivity contribution in [2.24, 2.45) is 5.92 Å². The van der Waals surface area contributed by atoms with Crippen molar-refractivity contribution in [1.82, 2.24) is 4.90 Å². The van der Waals surface area contributed by atoms with Crippen molar-refractivity contribution in [3.05, 3.63) is 0 Å². The second-order valence-corrected chi connectivity index (χ2v) is 4.90. The lowest BCUT2D eigenvalue weighted by Crippen LogP contribution is -2.35. The van der Waals surface area contributed by atoms with E-state index in [1.54, 1.807) is 0 Å². The number of hydrogen-bond acceptors (Lipinski definition) is 2. The first-order valence-electron chi connectivity index (χ1n) is 6.09. The highest BCUT2D eigenvalue weighted by Crippen LogP contribution is 2.17. The van der Waals surface area contributed by atoms with E-state index in [1.165, 1.54) is 45.2 Å². The zero-order chi connectivity index (χ0) is 10.4. The van der Waals surface area contributed by atoms with E-state index in [-0.39, 0.29) is 0 Å². The van der Waals surface area contributed by atoms with Gasteiger partial charge in [-0.2, -0.15) is 0 Å². The molecule has 1 fully saturated rings. The molecule has 1 rings (SSSR count). The van der Waals surface area contributed by atoms with Gasteiger partial charge in [-0.05, 0) is 38.3 Å². The van der Waals surface area contributed by atoms with E-state index in [0.29, 0.717) is 12.6 Å². The predicted molar refractivity (Wildman–Crippen MR) is 60.4 cm³/mol. The van der Waals surface area contributed by atoms with E-state index in [9.17, 15) is 5.11 Å². The summed E-state index contributed by atoms with van der Waals surface area (Å²) in [5.41, 5.74) is 0. The Hall–Kier alpha value is -0.0800. The highest BCUT2D eigenvalue weighted by Gasteiger charge is 2.20. The highest BCUT2D eigenvalue weighted by molar-refractivity contribution is 4.75. The predicted octanol–water partition coefficient (Wildman–Crippen LogP) is 2.27. The van der Waals surface area contributed by atoms with Gasteiger partial charge in [-0.15, -0.1) is 0 Å². The Kier molecular flexibility index (Phi) is 5.49. The molecule has 0 bridgehead atoms.